The number of halogens is 1. The summed E-state index contributed by atoms with van der Waals surface area (Å²) in [5, 5.41) is 3.29. The van der Waals surface area contributed by atoms with E-state index in [9.17, 15) is 4.79 Å². The predicted octanol–water partition coefficient (Wildman–Crippen LogP) is 3.00. The zero-order valence-corrected chi connectivity index (χ0v) is 18.8. The summed E-state index contributed by atoms with van der Waals surface area (Å²) >= 11 is 0. The second-order valence-corrected chi connectivity index (χ2v) is 6.43. The molecule has 3 rings (SSSR count). The van der Waals surface area contributed by atoms with Crippen molar-refractivity contribution in [2.45, 2.75) is 13.1 Å². The normalized spacial score (nSPS) is 10.9. The highest BCUT2D eigenvalue weighted by Gasteiger charge is 2.10. The molecule has 0 atom stereocenters. The summed E-state index contributed by atoms with van der Waals surface area (Å²) < 4.78 is 0. The summed E-state index contributed by atoms with van der Waals surface area (Å²) in [7, 11) is 3.68. The number of aromatic nitrogens is 2. The minimum Gasteiger partial charge on any atom is -0.366 e. The van der Waals surface area contributed by atoms with E-state index in [1.54, 1.807) is 19.2 Å². The van der Waals surface area contributed by atoms with Crippen LogP contribution in [0.4, 0.5) is 0 Å². The van der Waals surface area contributed by atoms with Crippen LogP contribution in [0.2, 0.25) is 0 Å². The van der Waals surface area contributed by atoms with Crippen LogP contribution in [0.1, 0.15) is 21.7 Å². The lowest BCUT2D eigenvalue weighted by atomic mass is 10.1. The van der Waals surface area contributed by atoms with Crippen molar-refractivity contribution < 1.29 is 4.79 Å². The molecular weight excluding hydrogens is 479 g/mol. The molecule has 0 unspecified atom stereocenters. The molecule has 2 aromatic carbocycles. The van der Waals surface area contributed by atoms with Crippen molar-refractivity contribution >= 4 is 35.8 Å². The molecule has 0 spiro atoms. The van der Waals surface area contributed by atoms with Gasteiger partial charge in [-0.2, -0.15) is 0 Å². The minimum atomic E-state index is -0.435. The first kappa shape index (κ1) is 22.4. The van der Waals surface area contributed by atoms with Gasteiger partial charge in [0, 0.05) is 26.2 Å². The summed E-state index contributed by atoms with van der Waals surface area (Å²) in [6.45, 7) is 1.11. The van der Waals surface area contributed by atoms with E-state index in [0.717, 1.165) is 28.6 Å². The molecule has 1 aromatic heterocycles. The molecule has 0 radical (unpaired) electrons. The average Bonchev–Trinajstić information content (AvgIpc) is 3.18. The number of primary amides is 1. The Balaban J connectivity index is 0.00000300. The van der Waals surface area contributed by atoms with Gasteiger partial charge in [0.05, 0.1) is 18.4 Å². The lowest BCUT2D eigenvalue weighted by Gasteiger charge is -2.21. The Labute approximate surface area is 187 Å². The number of H-pyrrole nitrogens is 1. The van der Waals surface area contributed by atoms with E-state index in [0.29, 0.717) is 18.7 Å². The fraction of sp³-hybridized carbons (Fsp3) is 0.190. The first-order valence-corrected chi connectivity index (χ1v) is 8.96. The molecule has 1 amide bonds. The molecule has 152 valence electrons. The van der Waals surface area contributed by atoms with Crippen LogP contribution in [0.15, 0.2) is 65.8 Å². The van der Waals surface area contributed by atoms with Crippen molar-refractivity contribution in [2.24, 2.45) is 10.7 Å². The van der Waals surface area contributed by atoms with Gasteiger partial charge < -0.3 is 20.9 Å². The number of amides is 1. The lowest BCUT2D eigenvalue weighted by Crippen LogP contribution is -2.38. The number of aliphatic imine (C=N–C) groups is 1. The number of benzene rings is 2. The number of guanidine groups is 1. The molecule has 0 saturated carbocycles. The highest BCUT2D eigenvalue weighted by atomic mass is 127. The summed E-state index contributed by atoms with van der Waals surface area (Å²) in [5.41, 5.74) is 8.87. The fourth-order valence-electron chi connectivity index (χ4n) is 2.91. The molecule has 7 nitrogen and oxygen atoms in total. The number of imidazole rings is 1. The number of rotatable bonds is 6. The maximum atomic E-state index is 11.3. The number of aromatic amines is 1. The van der Waals surface area contributed by atoms with Crippen molar-refractivity contribution in [2.75, 3.05) is 14.1 Å². The van der Waals surface area contributed by atoms with Crippen LogP contribution in [0.3, 0.4) is 0 Å². The van der Waals surface area contributed by atoms with Crippen LogP contribution in [0.5, 0.6) is 0 Å². The Kier molecular flexibility index (Phi) is 8.20. The number of hydrogen-bond donors (Lipinski definition) is 3. The van der Waals surface area contributed by atoms with Crippen molar-refractivity contribution in [3.63, 3.8) is 0 Å². The first-order valence-electron chi connectivity index (χ1n) is 8.96. The fourth-order valence-corrected chi connectivity index (χ4v) is 2.91. The summed E-state index contributed by atoms with van der Waals surface area (Å²) in [5.74, 6) is 1.14. The maximum Gasteiger partial charge on any atom is 0.248 e. The molecule has 29 heavy (non-hydrogen) atoms. The Morgan fingerprint density at radius 2 is 1.97 bits per heavy atom. The molecular formula is C21H25IN6O. The van der Waals surface area contributed by atoms with E-state index in [4.69, 9.17) is 5.73 Å². The molecule has 0 fully saturated rings. The monoisotopic (exact) mass is 504 g/mol. The molecule has 4 N–H and O–H groups in total. The van der Waals surface area contributed by atoms with Crippen molar-refractivity contribution in [1.29, 1.82) is 0 Å². The van der Waals surface area contributed by atoms with E-state index in [1.165, 1.54) is 0 Å². The average molecular weight is 504 g/mol. The van der Waals surface area contributed by atoms with E-state index < -0.39 is 5.91 Å². The smallest absolute Gasteiger partial charge is 0.248 e. The maximum absolute atomic E-state index is 11.3. The van der Waals surface area contributed by atoms with Crippen LogP contribution in [-0.2, 0) is 13.1 Å². The van der Waals surface area contributed by atoms with E-state index in [-0.39, 0.29) is 24.0 Å². The number of nitrogens with two attached hydrogens (primary N) is 1. The van der Waals surface area contributed by atoms with Crippen LogP contribution < -0.4 is 11.1 Å². The molecule has 0 saturated heterocycles. The summed E-state index contributed by atoms with van der Waals surface area (Å²) in [6.07, 6.45) is 1.84. The van der Waals surface area contributed by atoms with Gasteiger partial charge in [-0.3, -0.25) is 9.79 Å². The molecule has 3 aromatic rings. The zero-order chi connectivity index (χ0) is 19.9. The molecule has 0 bridgehead atoms. The van der Waals surface area contributed by atoms with Crippen molar-refractivity contribution in [3.8, 4) is 11.3 Å². The molecule has 1 heterocycles. The van der Waals surface area contributed by atoms with Gasteiger partial charge in [-0.15, -0.1) is 24.0 Å². The topological polar surface area (TPSA) is 99.4 Å². The van der Waals surface area contributed by atoms with Gasteiger partial charge in [0.2, 0.25) is 5.91 Å². The summed E-state index contributed by atoms with van der Waals surface area (Å²) in [6, 6.07) is 17.3. The summed E-state index contributed by atoms with van der Waals surface area (Å²) in [4.78, 5) is 25.4. The van der Waals surface area contributed by atoms with Gasteiger partial charge in [-0.1, -0.05) is 42.5 Å². The van der Waals surface area contributed by atoms with Crippen molar-refractivity contribution in [3.05, 3.63) is 77.7 Å². The Morgan fingerprint density at radius 3 is 2.66 bits per heavy atom. The van der Waals surface area contributed by atoms with E-state index in [2.05, 4.69) is 20.3 Å². The van der Waals surface area contributed by atoms with Crippen LogP contribution in [-0.4, -0.2) is 40.8 Å². The highest BCUT2D eigenvalue weighted by molar-refractivity contribution is 14.0. The number of nitrogens with zero attached hydrogens (tertiary/aromatic N) is 3. The molecule has 0 aliphatic rings. The standard InChI is InChI=1S/C21H24N6O.HI/c1-23-21(25-12-15-7-6-10-17(11-15)20(22)28)27(2)14-19-24-13-18(26-19)16-8-4-3-5-9-16;/h3-11,13H,12,14H2,1-2H3,(H2,22,28)(H,23,25)(H,24,26);1H. The second kappa shape index (κ2) is 10.6. The number of nitrogens with one attached hydrogen (secondary N) is 2. The zero-order valence-electron chi connectivity index (χ0n) is 16.4. The molecule has 0 aliphatic carbocycles. The largest absolute Gasteiger partial charge is 0.366 e. The van der Waals surface area contributed by atoms with Gasteiger partial charge in [0.25, 0.3) is 0 Å². The highest BCUT2D eigenvalue weighted by Crippen LogP contribution is 2.16. The third kappa shape index (κ3) is 6.05. The van der Waals surface area contributed by atoms with E-state index >= 15 is 0 Å². The van der Waals surface area contributed by atoms with Gasteiger partial charge in [0.15, 0.2) is 5.96 Å². The SMILES string of the molecule is CN=C(NCc1cccc(C(N)=O)c1)N(C)Cc1ncc(-c2ccccc2)[nH]1.I. The van der Waals surface area contributed by atoms with Gasteiger partial charge in [-0.25, -0.2) is 4.98 Å². The van der Waals surface area contributed by atoms with Crippen LogP contribution >= 0.6 is 24.0 Å². The van der Waals surface area contributed by atoms with Crippen LogP contribution in [0.25, 0.3) is 11.3 Å². The van der Waals surface area contributed by atoms with Gasteiger partial charge in [-0.05, 0) is 23.3 Å². The van der Waals surface area contributed by atoms with Gasteiger partial charge in [0.1, 0.15) is 5.82 Å². The molecule has 0 aliphatic heterocycles. The molecule has 8 heteroatoms. The Hall–Kier alpha value is -2.88. The Morgan fingerprint density at radius 1 is 1.21 bits per heavy atom. The van der Waals surface area contributed by atoms with E-state index in [1.807, 2.05) is 60.6 Å². The predicted molar refractivity (Wildman–Crippen MR) is 126 cm³/mol. The van der Waals surface area contributed by atoms with Crippen molar-refractivity contribution in [1.82, 2.24) is 20.2 Å². The van der Waals surface area contributed by atoms with Gasteiger partial charge >= 0.3 is 0 Å². The quantitative estimate of drug-likeness (QED) is 0.273. The Bertz CT molecular complexity index is 970. The minimum absolute atomic E-state index is 0. The third-order valence-corrected chi connectivity index (χ3v) is 4.34. The first-order chi connectivity index (χ1) is 13.6. The van der Waals surface area contributed by atoms with Crippen LogP contribution in [0, 0.1) is 0 Å². The second-order valence-electron chi connectivity index (χ2n) is 6.43. The third-order valence-electron chi connectivity index (χ3n) is 4.34. The number of carbonyl (C=O) groups is 1. The number of carbonyl (C=O) groups excluding carboxylic acids is 1. The lowest BCUT2D eigenvalue weighted by molar-refractivity contribution is 0.1000. The number of hydrogen-bond acceptors (Lipinski definition) is 3.